The Morgan fingerprint density at radius 3 is 1.64 bits per heavy atom. The molecule has 0 bridgehead atoms. The molecule has 134 valence electrons. The van der Waals surface area contributed by atoms with Crippen molar-refractivity contribution in [2.45, 2.75) is 0 Å². The van der Waals surface area contributed by atoms with Gasteiger partial charge in [0.25, 0.3) is 0 Å². The molecule has 0 saturated carbocycles. The highest BCUT2D eigenvalue weighted by molar-refractivity contribution is 5.83. The molecule has 0 aliphatic carbocycles. The molecule has 28 heavy (non-hydrogen) atoms. The maximum atomic E-state index is 6.01. The Balaban J connectivity index is 1.55. The zero-order valence-corrected chi connectivity index (χ0v) is 15.3. The third kappa shape index (κ3) is 3.06. The second kappa shape index (κ2) is 7.09. The van der Waals surface area contributed by atoms with Crippen molar-refractivity contribution in [1.29, 1.82) is 0 Å². The van der Waals surface area contributed by atoms with Gasteiger partial charge < -0.3 is 9.32 Å². The van der Waals surface area contributed by atoms with Gasteiger partial charge in [0.05, 0.1) is 0 Å². The van der Waals surface area contributed by atoms with Crippen LogP contribution in [0.3, 0.4) is 0 Å². The van der Waals surface area contributed by atoms with Crippen LogP contribution in [0.25, 0.3) is 22.3 Å². The summed E-state index contributed by atoms with van der Waals surface area (Å²) in [7, 11) is 0. The first kappa shape index (κ1) is 16.4. The second-order valence-corrected chi connectivity index (χ2v) is 6.70. The van der Waals surface area contributed by atoms with Gasteiger partial charge in [0.2, 0.25) is 0 Å². The highest BCUT2D eigenvalue weighted by atomic mass is 16.3. The predicted molar refractivity (Wildman–Crippen MR) is 116 cm³/mol. The van der Waals surface area contributed by atoms with Crippen LogP contribution in [0, 0.1) is 0 Å². The molecule has 5 rings (SSSR count). The Bertz CT molecular complexity index is 1120. The predicted octanol–water partition coefficient (Wildman–Crippen LogP) is 7.57. The van der Waals surface area contributed by atoms with Crippen molar-refractivity contribution in [3.05, 3.63) is 115 Å². The Labute approximate surface area is 164 Å². The monoisotopic (exact) mass is 361 g/mol. The van der Waals surface area contributed by atoms with E-state index in [1.165, 1.54) is 0 Å². The van der Waals surface area contributed by atoms with E-state index in [0.29, 0.717) is 0 Å². The molecular formula is C26H19NO. The summed E-state index contributed by atoms with van der Waals surface area (Å²) in [5.41, 5.74) is 5.35. The molecule has 4 aromatic carbocycles. The fourth-order valence-electron chi connectivity index (χ4n) is 3.50. The minimum Gasteiger partial charge on any atom is -0.456 e. The van der Waals surface area contributed by atoms with E-state index in [2.05, 4.69) is 89.8 Å². The lowest BCUT2D eigenvalue weighted by Crippen LogP contribution is -2.09. The normalized spacial score (nSPS) is 10.9. The summed E-state index contributed by atoms with van der Waals surface area (Å²) < 4.78 is 6.01. The minimum atomic E-state index is 0.888. The summed E-state index contributed by atoms with van der Waals surface area (Å²) in [6, 6.07) is 39.5. The Morgan fingerprint density at radius 2 is 1.04 bits per heavy atom. The largest absolute Gasteiger partial charge is 0.456 e. The fraction of sp³-hybridized carbons (Fsp3) is 0. The van der Waals surface area contributed by atoms with E-state index in [0.717, 1.165) is 39.4 Å². The SMILES string of the molecule is c1ccc(N(c2ccccc2)c2ccc(-c3cc4ccccc4o3)cc2)cc1. The van der Waals surface area contributed by atoms with Crippen LogP contribution >= 0.6 is 0 Å². The molecule has 1 heterocycles. The summed E-state index contributed by atoms with van der Waals surface area (Å²) >= 11 is 0. The molecule has 0 aliphatic heterocycles. The highest BCUT2D eigenvalue weighted by Crippen LogP contribution is 2.36. The first-order valence-electron chi connectivity index (χ1n) is 9.38. The van der Waals surface area contributed by atoms with Crippen LogP contribution in [-0.2, 0) is 0 Å². The number of fused-ring (bicyclic) bond motifs is 1. The van der Waals surface area contributed by atoms with Crippen LogP contribution in [0.4, 0.5) is 17.1 Å². The summed E-state index contributed by atoms with van der Waals surface area (Å²) in [4.78, 5) is 2.25. The minimum absolute atomic E-state index is 0.888. The third-order valence-electron chi connectivity index (χ3n) is 4.86. The van der Waals surface area contributed by atoms with Crippen molar-refractivity contribution < 1.29 is 4.42 Å². The van der Waals surface area contributed by atoms with Crippen LogP contribution in [-0.4, -0.2) is 0 Å². The summed E-state index contributed by atoms with van der Waals surface area (Å²) in [6.45, 7) is 0. The Morgan fingerprint density at radius 1 is 0.500 bits per heavy atom. The zero-order chi connectivity index (χ0) is 18.8. The van der Waals surface area contributed by atoms with Crippen molar-refractivity contribution in [1.82, 2.24) is 0 Å². The summed E-state index contributed by atoms with van der Waals surface area (Å²) in [5.74, 6) is 0.888. The lowest BCUT2D eigenvalue weighted by molar-refractivity contribution is 0.631. The molecule has 0 amide bonds. The van der Waals surface area contributed by atoms with E-state index in [4.69, 9.17) is 4.42 Å². The number of para-hydroxylation sites is 3. The number of furan rings is 1. The molecule has 0 N–H and O–H groups in total. The van der Waals surface area contributed by atoms with Crippen LogP contribution in [0.15, 0.2) is 120 Å². The quantitative estimate of drug-likeness (QED) is 0.328. The molecule has 0 spiro atoms. The maximum absolute atomic E-state index is 6.01. The van der Waals surface area contributed by atoms with E-state index in [1.54, 1.807) is 0 Å². The highest BCUT2D eigenvalue weighted by Gasteiger charge is 2.12. The average Bonchev–Trinajstić information content (AvgIpc) is 3.20. The molecule has 2 heteroatoms. The van der Waals surface area contributed by atoms with Crippen molar-refractivity contribution in [2.24, 2.45) is 0 Å². The van der Waals surface area contributed by atoms with Crippen molar-refractivity contribution in [2.75, 3.05) is 4.90 Å². The van der Waals surface area contributed by atoms with E-state index in [-0.39, 0.29) is 0 Å². The van der Waals surface area contributed by atoms with Crippen molar-refractivity contribution in [3.8, 4) is 11.3 Å². The van der Waals surface area contributed by atoms with Gasteiger partial charge in [-0.2, -0.15) is 0 Å². The number of benzene rings is 4. The van der Waals surface area contributed by atoms with Crippen LogP contribution in [0.1, 0.15) is 0 Å². The van der Waals surface area contributed by atoms with Gasteiger partial charge in [-0.25, -0.2) is 0 Å². The Hall–Kier alpha value is -3.78. The standard InChI is InChI=1S/C26H19NO/c1-3-10-22(11-4-1)27(23-12-5-2-6-13-23)24-17-15-20(16-18-24)26-19-21-9-7-8-14-25(21)28-26/h1-19H. The van der Waals surface area contributed by atoms with Gasteiger partial charge in [-0.3, -0.25) is 0 Å². The topological polar surface area (TPSA) is 16.4 Å². The molecule has 0 atom stereocenters. The van der Waals surface area contributed by atoms with Crippen molar-refractivity contribution >= 4 is 28.0 Å². The van der Waals surface area contributed by atoms with Gasteiger partial charge >= 0.3 is 0 Å². The van der Waals surface area contributed by atoms with Crippen LogP contribution in [0.2, 0.25) is 0 Å². The fourth-order valence-corrected chi connectivity index (χ4v) is 3.50. The molecule has 0 saturated heterocycles. The molecule has 0 radical (unpaired) electrons. The smallest absolute Gasteiger partial charge is 0.135 e. The molecule has 5 aromatic rings. The molecule has 0 unspecified atom stereocenters. The molecule has 0 aliphatic rings. The number of hydrogen-bond donors (Lipinski definition) is 0. The van der Waals surface area contributed by atoms with E-state index in [9.17, 15) is 0 Å². The Kier molecular flexibility index (Phi) is 4.15. The second-order valence-electron chi connectivity index (χ2n) is 6.70. The molecule has 2 nitrogen and oxygen atoms in total. The van der Waals surface area contributed by atoms with Crippen LogP contribution in [0.5, 0.6) is 0 Å². The number of nitrogens with zero attached hydrogens (tertiary/aromatic N) is 1. The third-order valence-corrected chi connectivity index (χ3v) is 4.86. The maximum Gasteiger partial charge on any atom is 0.135 e. The van der Waals surface area contributed by atoms with Gasteiger partial charge in [-0.05, 0) is 60.7 Å². The first-order valence-corrected chi connectivity index (χ1v) is 9.38. The number of rotatable bonds is 4. The van der Waals surface area contributed by atoms with Crippen LogP contribution < -0.4 is 4.90 Å². The van der Waals surface area contributed by atoms with Gasteiger partial charge in [0, 0.05) is 28.0 Å². The van der Waals surface area contributed by atoms with E-state index in [1.807, 2.05) is 30.3 Å². The summed E-state index contributed by atoms with van der Waals surface area (Å²) in [5, 5.41) is 1.12. The number of anilines is 3. The zero-order valence-electron chi connectivity index (χ0n) is 15.3. The molecular weight excluding hydrogens is 342 g/mol. The molecule has 0 fully saturated rings. The number of hydrogen-bond acceptors (Lipinski definition) is 2. The van der Waals surface area contributed by atoms with Gasteiger partial charge in [0.1, 0.15) is 11.3 Å². The average molecular weight is 361 g/mol. The van der Waals surface area contributed by atoms with Gasteiger partial charge in [0.15, 0.2) is 0 Å². The first-order chi connectivity index (χ1) is 13.9. The summed E-state index contributed by atoms with van der Waals surface area (Å²) in [6.07, 6.45) is 0. The lowest BCUT2D eigenvalue weighted by atomic mass is 10.1. The lowest BCUT2D eigenvalue weighted by Gasteiger charge is -2.25. The van der Waals surface area contributed by atoms with E-state index < -0.39 is 0 Å². The van der Waals surface area contributed by atoms with Crippen molar-refractivity contribution in [3.63, 3.8) is 0 Å². The van der Waals surface area contributed by atoms with Gasteiger partial charge in [-0.1, -0.05) is 54.6 Å². The van der Waals surface area contributed by atoms with Gasteiger partial charge in [-0.15, -0.1) is 0 Å². The molecule has 1 aromatic heterocycles. The van der Waals surface area contributed by atoms with E-state index >= 15 is 0 Å².